The Hall–Kier alpha value is -2.93. The maximum absolute atomic E-state index is 12.6. The quantitative estimate of drug-likeness (QED) is 0.668. The molecule has 0 radical (unpaired) electrons. The number of hydrogen-bond acceptors (Lipinski definition) is 4. The molecule has 7 heteroatoms. The Morgan fingerprint density at radius 3 is 2.89 bits per heavy atom. The molecular weight excluding hydrogens is 340 g/mol. The molecule has 0 unspecified atom stereocenters. The number of imidazole rings is 1. The van der Waals surface area contributed by atoms with Gasteiger partial charge in [0.05, 0.1) is 5.69 Å². The number of carbonyl (C=O) groups is 1. The summed E-state index contributed by atoms with van der Waals surface area (Å²) in [6, 6.07) is 7.85. The molecular formula is C20H22N6O. The minimum Gasteiger partial charge on any atom is -0.334 e. The van der Waals surface area contributed by atoms with Gasteiger partial charge in [-0.15, -0.1) is 0 Å². The van der Waals surface area contributed by atoms with Crippen LogP contribution in [0.5, 0.6) is 0 Å². The molecule has 0 spiro atoms. The van der Waals surface area contributed by atoms with Crippen molar-refractivity contribution in [3.05, 3.63) is 53.2 Å². The van der Waals surface area contributed by atoms with Gasteiger partial charge in [0.25, 0.3) is 5.91 Å². The SMILES string of the molecule is O=C(Nc1ccc(-c2cn3c(n2)CCCC3)cc1)c1n[nH]c2c1CNCC2. The van der Waals surface area contributed by atoms with Gasteiger partial charge in [0.15, 0.2) is 5.69 Å². The molecule has 2 aliphatic rings. The summed E-state index contributed by atoms with van der Waals surface area (Å²) >= 11 is 0. The van der Waals surface area contributed by atoms with Gasteiger partial charge in [-0.2, -0.15) is 5.10 Å². The van der Waals surface area contributed by atoms with Crippen LogP contribution in [0.3, 0.4) is 0 Å². The number of fused-ring (bicyclic) bond motifs is 2. The van der Waals surface area contributed by atoms with Crippen molar-refractivity contribution >= 4 is 11.6 Å². The van der Waals surface area contributed by atoms with E-state index in [1.807, 2.05) is 24.3 Å². The Bertz CT molecular complexity index is 961. The third-order valence-electron chi connectivity index (χ3n) is 5.37. The van der Waals surface area contributed by atoms with E-state index in [4.69, 9.17) is 4.98 Å². The summed E-state index contributed by atoms with van der Waals surface area (Å²) in [6.45, 7) is 2.65. The van der Waals surface area contributed by atoms with Gasteiger partial charge in [0, 0.05) is 61.2 Å². The van der Waals surface area contributed by atoms with Gasteiger partial charge >= 0.3 is 0 Å². The predicted octanol–water partition coefficient (Wildman–Crippen LogP) is 2.51. The highest BCUT2D eigenvalue weighted by Crippen LogP contribution is 2.24. The Labute approximate surface area is 157 Å². The zero-order valence-electron chi connectivity index (χ0n) is 15.1. The number of hydrogen-bond donors (Lipinski definition) is 3. The van der Waals surface area contributed by atoms with Crippen LogP contribution in [0.1, 0.15) is 40.4 Å². The van der Waals surface area contributed by atoms with E-state index in [2.05, 4.69) is 31.6 Å². The number of benzene rings is 1. The van der Waals surface area contributed by atoms with Crippen LogP contribution >= 0.6 is 0 Å². The van der Waals surface area contributed by atoms with Gasteiger partial charge in [-0.3, -0.25) is 9.89 Å². The summed E-state index contributed by atoms with van der Waals surface area (Å²) in [4.78, 5) is 17.4. The van der Waals surface area contributed by atoms with Crippen molar-refractivity contribution in [1.82, 2.24) is 25.1 Å². The first-order valence-electron chi connectivity index (χ1n) is 9.52. The standard InChI is InChI=1S/C20H22N6O/c27-20(19-15-11-21-9-8-16(15)24-25-19)22-14-6-4-13(5-7-14)17-12-26-10-2-1-3-18(26)23-17/h4-7,12,21H,1-3,8-11H2,(H,22,27)(H,24,25). The van der Waals surface area contributed by atoms with Gasteiger partial charge in [-0.05, 0) is 25.0 Å². The lowest BCUT2D eigenvalue weighted by molar-refractivity contribution is 0.102. The summed E-state index contributed by atoms with van der Waals surface area (Å²) < 4.78 is 2.25. The summed E-state index contributed by atoms with van der Waals surface area (Å²) in [6.07, 6.45) is 6.50. The maximum atomic E-state index is 12.6. The van der Waals surface area contributed by atoms with E-state index in [9.17, 15) is 4.79 Å². The van der Waals surface area contributed by atoms with Crippen LogP contribution in [-0.2, 0) is 25.9 Å². The molecule has 138 valence electrons. The summed E-state index contributed by atoms with van der Waals surface area (Å²) in [5, 5.41) is 13.4. The molecule has 2 aliphatic heterocycles. The molecule has 0 fully saturated rings. The van der Waals surface area contributed by atoms with Crippen LogP contribution in [-0.4, -0.2) is 32.2 Å². The monoisotopic (exact) mass is 362 g/mol. The molecule has 2 aromatic heterocycles. The molecule has 5 rings (SSSR count). The van der Waals surface area contributed by atoms with Crippen LogP contribution in [0.4, 0.5) is 5.69 Å². The van der Waals surface area contributed by atoms with Gasteiger partial charge in [-0.25, -0.2) is 4.98 Å². The molecule has 0 saturated heterocycles. The molecule has 3 N–H and O–H groups in total. The minimum atomic E-state index is -0.179. The topological polar surface area (TPSA) is 87.6 Å². The second-order valence-corrected chi connectivity index (χ2v) is 7.18. The maximum Gasteiger partial charge on any atom is 0.276 e. The number of aromatic nitrogens is 4. The minimum absolute atomic E-state index is 0.179. The molecule has 4 heterocycles. The molecule has 0 saturated carbocycles. The van der Waals surface area contributed by atoms with Crippen molar-refractivity contribution in [3.8, 4) is 11.3 Å². The summed E-state index contributed by atoms with van der Waals surface area (Å²) in [5.41, 5.74) is 5.32. The van der Waals surface area contributed by atoms with Crippen LogP contribution < -0.4 is 10.6 Å². The molecule has 0 bridgehead atoms. The Kier molecular flexibility index (Phi) is 4.01. The third-order valence-corrected chi connectivity index (χ3v) is 5.37. The number of carbonyl (C=O) groups excluding carboxylic acids is 1. The number of H-pyrrole nitrogens is 1. The molecule has 3 aromatic rings. The van der Waals surface area contributed by atoms with Crippen molar-refractivity contribution in [3.63, 3.8) is 0 Å². The van der Waals surface area contributed by atoms with Crippen LogP contribution in [0.25, 0.3) is 11.3 Å². The van der Waals surface area contributed by atoms with Crippen LogP contribution in [0, 0.1) is 0 Å². The lowest BCUT2D eigenvalue weighted by Crippen LogP contribution is -2.25. The summed E-state index contributed by atoms with van der Waals surface area (Å²) in [5.74, 6) is 0.993. The van der Waals surface area contributed by atoms with Crippen LogP contribution in [0.15, 0.2) is 30.5 Å². The lowest BCUT2D eigenvalue weighted by atomic mass is 10.1. The number of amides is 1. The second kappa shape index (κ2) is 6.66. The largest absolute Gasteiger partial charge is 0.334 e. The van der Waals surface area contributed by atoms with Gasteiger partial charge in [0.1, 0.15) is 5.82 Å². The zero-order chi connectivity index (χ0) is 18.2. The first kappa shape index (κ1) is 16.3. The Balaban J connectivity index is 1.32. The zero-order valence-corrected chi connectivity index (χ0v) is 15.1. The van der Waals surface area contributed by atoms with Gasteiger partial charge in [0.2, 0.25) is 0 Å². The van der Waals surface area contributed by atoms with E-state index in [0.29, 0.717) is 12.2 Å². The van der Waals surface area contributed by atoms with E-state index < -0.39 is 0 Å². The number of anilines is 1. The van der Waals surface area contributed by atoms with E-state index in [1.54, 1.807) is 0 Å². The van der Waals surface area contributed by atoms with Crippen molar-refractivity contribution < 1.29 is 4.79 Å². The first-order chi connectivity index (χ1) is 13.3. The fraction of sp³-hybridized carbons (Fsp3) is 0.350. The highest BCUT2D eigenvalue weighted by molar-refractivity contribution is 6.04. The molecule has 7 nitrogen and oxygen atoms in total. The fourth-order valence-corrected chi connectivity index (χ4v) is 3.88. The number of nitrogens with one attached hydrogen (secondary N) is 3. The summed E-state index contributed by atoms with van der Waals surface area (Å²) in [7, 11) is 0. The molecule has 1 aromatic carbocycles. The smallest absolute Gasteiger partial charge is 0.276 e. The highest BCUT2D eigenvalue weighted by Gasteiger charge is 2.21. The Morgan fingerprint density at radius 1 is 1.15 bits per heavy atom. The number of aromatic amines is 1. The molecule has 0 aliphatic carbocycles. The van der Waals surface area contributed by atoms with E-state index in [1.165, 1.54) is 18.7 Å². The average molecular weight is 362 g/mol. The Morgan fingerprint density at radius 2 is 2.04 bits per heavy atom. The first-order valence-corrected chi connectivity index (χ1v) is 9.52. The van der Waals surface area contributed by atoms with Crippen LogP contribution in [0.2, 0.25) is 0 Å². The predicted molar refractivity (Wildman–Crippen MR) is 103 cm³/mol. The average Bonchev–Trinajstić information content (AvgIpc) is 3.33. The van der Waals surface area contributed by atoms with Crippen molar-refractivity contribution in [2.75, 3.05) is 11.9 Å². The van der Waals surface area contributed by atoms with E-state index >= 15 is 0 Å². The van der Waals surface area contributed by atoms with Gasteiger partial charge < -0.3 is 15.2 Å². The van der Waals surface area contributed by atoms with E-state index in [0.717, 1.165) is 54.1 Å². The van der Waals surface area contributed by atoms with Gasteiger partial charge in [-0.1, -0.05) is 12.1 Å². The second-order valence-electron chi connectivity index (χ2n) is 7.18. The number of rotatable bonds is 3. The molecule has 1 amide bonds. The fourth-order valence-electron chi connectivity index (χ4n) is 3.88. The normalized spacial score (nSPS) is 15.9. The molecule has 27 heavy (non-hydrogen) atoms. The van der Waals surface area contributed by atoms with Crippen molar-refractivity contribution in [1.29, 1.82) is 0 Å². The third kappa shape index (κ3) is 3.04. The molecule has 0 atom stereocenters. The highest BCUT2D eigenvalue weighted by atomic mass is 16.1. The lowest BCUT2D eigenvalue weighted by Gasteiger charge is -2.12. The van der Waals surface area contributed by atoms with Crippen molar-refractivity contribution in [2.45, 2.75) is 38.8 Å². The number of aryl methyl sites for hydroxylation is 2. The van der Waals surface area contributed by atoms with E-state index in [-0.39, 0.29) is 5.91 Å². The van der Waals surface area contributed by atoms with Crippen molar-refractivity contribution in [2.24, 2.45) is 0 Å². The number of nitrogens with zero attached hydrogens (tertiary/aromatic N) is 3.